The molecule has 0 bridgehead atoms. The second-order valence-corrected chi connectivity index (χ2v) is 7.37. The van der Waals surface area contributed by atoms with E-state index in [1.54, 1.807) is 0 Å². The molecule has 2 N–H and O–H groups in total. The van der Waals surface area contributed by atoms with E-state index in [1.807, 2.05) is 42.6 Å². The Hall–Kier alpha value is -2.66. The zero-order valence-electron chi connectivity index (χ0n) is 13.7. The van der Waals surface area contributed by atoms with Crippen LogP contribution in [0, 0.1) is 0 Å². The maximum Gasteiger partial charge on any atom is 0.321 e. The normalized spacial score (nSPS) is 18.6. The summed E-state index contributed by atoms with van der Waals surface area (Å²) in [5.74, 6) is 0.428. The number of anilines is 1. The van der Waals surface area contributed by atoms with Crippen molar-refractivity contribution in [2.75, 3.05) is 5.32 Å². The van der Waals surface area contributed by atoms with Crippen LogP contribution < -0.4 is 10.6 Å². The average Bonchev–Trinajstić information content (AvgIpc) is 3.26. The smallest absolute Gasteiger partial charge is 0.321 e. The Kier molecular flexibility index (Phi) is 4.48. The Morgan fingerprint density at radius 1 is 1.08 bits per heavy atom. The highest BCUT2D eigenvalue weighted by molar-refractivity contribution is 7.15. The number of amides is 2. The van der Waals surface area contributed by atoms with Crippen LogP contribution in [-0.2, 0) is 6.42 Å². The molecule has 1 aliphatic rings. The predicted molar refractivity (Wildman–Crippen MR) is 101 cm³/mol. The van der Waals surface area contributed by atoms with E-state index in [1.165, 1.54) is 22.5 Å². The van der Waals surface area contributed by atoms with Crippen LogP contribution in [0.2, 0.25) is 0 Å². The Bertz CT molecular complexity index is 848. The molecule has 5 heteroatoms. The van der Waals surface area contributed by atoms with Crippen molar-refractivity contribution in [3.63, 3.8) is 0 Å². The zero-order chi connectivity index (χ0) is 17.1. The average molecular weight is 349 g/mol. The number of hydrogen-bond acceptors (Lipinski definition) is 3. The first-order valence-electron chi connectivity index (χ1n) is 8.39. The monoisotopic (exact) mass is 349 g/mol. The minimum Gasteiger partial charge on any atom is -0.334 e. The van der Waals surface area contributed by atoms with Gasteiger partial charge in [-0.25, -0.2) is 9.78 Å². The first-order chi connectivity index (χ1) is 12.3. The molecule has 1 saturated carbocycles. The fourth-order valence-electron chi connectivity index (χ4n) is 2.97. The highest BCUT2D eigenvalue weighted by Crippen LogP contribution is 2.40. The van der Waals surface area contributed by atoms with Crippen molar-refractivity contribution in [1.29, 1.82) is 0 Å². The van der Waals surface area contributed by atoms with E-state index in [-0.39, 0.29) is 12.1 Å². The van der Waals surface area contributed by atoms with E-state index < -0.39 is 0 Å². The van der Waals surface area contributed by atoms with E-state index in [4.69, 9.17) is 0 Å². The first-order valence-corrected chi connectivity index (χ1v) is 9.21. The lowest BCUT2D eigenvalue weighted by Crippen LogP contribution is -2.31. The molecule has 0 unspecified atom stereocenters. The molecule has 4 rings (SSSR count). The molecule has 126 valence electrons. The van der Waals surface area contributed by atoms with Crippen molar-refractivity contribution in [3.05, 3.63) is 82.9 Å². The van der Waals surface area contributed by atoms with Crippen molar-refractivity contribution in [1.82, 2.24) is 10.3 Å². The van der Waals surface area contributed by atoms with Crippen LogP contribution in [0.25, 0.3) is 0 Å². The number of thiazole rings is 1. The Labute approximate surface area is 150 Å². The lowest BCUT2D eigenvalue weighted by Gasteiger charge is -2.05. The molecule has 2 atom stereocenters. The summed E-state index contributed by atoms with van der Waals surface area (Å²) >= 11 is 1.52. The van der Waals surface area contributed by atoms with Crippen LogP contribution in [0.1, 0.15) is 28.3 Å². The lowest BCUT2D eigenvalue weighted by atomic mass is 10.1. The van der Waals surface area contributed by atoms with Gasteiger partial charge < -0.3 is 5.32 Å². The summed E-state index contributed by atoms with van der Waals surface area (Å²) in [4.78, 5) is 17.6. The van der Waals surface area contributed by atoms with Gasteiger partial charge in [0, 0.05) is 29.5 Å². The Morgan fingerprint density at radius 2 is 1.80 bits per heavy atom. The molecule has 4 nitrogen and oxygen atoms in total. The molecule has 0 radical (unpaired) electrons. The fourth-order valence-corrected chi connectivity index (χ4v) is 3.81. The molecule has 1 aromatic heterocycles. The largest absolute Gasteiger partial charge is 0.334 e. The number of carbonyl (C=O) groups excluding carboxylic acids is 1. The summed E-state index contributed by atoms with van der Waals surface area (Å²) in [7, 11) is 0. The predicted octanol–water partition coefficient (Wildman–Crippen LogP) is 4.41. The van der Waals surface area contributed by atoms with Crippen molar-refractivity contribution >= 4 is 22.5 Å². The van der Waals surface area contributed by atoms with Crippen LogP contribution in [0.15, 0.2) is 66.9 Å². The van der Waals surface area contributed by atoms with Crippen molar-refractivity contribution < 1.29 is 4.79 Å². The Morgan fingerprint density at radius 3 is 2.56 bits per heavy atom. The van der Waals surface area contributed by atoms with Gasteiger partial charge in [0.2, 0.25) is 0 Å². The number of hydrogen-bond donors (Lipinski definition) is 2. The summed E-state index contributed by atoms with van der Waals surface area (Å²) in [6.45, 7) is 0. The van der Waals surface area contributed by atoms with Gasteiger partial charge in [0.25, 0.3) is 0 Å². The molecule has 0 aliphatic heterocycles. The van der Waals surface area contributed by atoms with E-state index in [2.05, 4.69) is 39.9 Å². The molecular formula is C20H19N3OS. The number of carbonyl (C=O) groups is 1. The van der Waals surface area contributed by atoms with Crippen LogP contribution in [0.5, 0.6) is 0 Å². The van der Waals surface area contributed by atoms with Gasteiger partial charge in [-0.3, -0.25) is 5.32 Å². The second kappa shape index (κ2) is 7.07. The molecule has 1 fully saturated rings. The summed E-state index contributed by atoms with van der Waals surface area (Å²) < 4.78 is 0. The number of nitrogens with one attached hydrogen (secondary N) is 2. The van der Waals surface area contributed by atoms with Crippen LogP contribution in [0.3, 0.4) is 0 Å². The van der Waals surface area contributed by atoms with E-state index >= 15 is 0 Å². The summed E-state index contributed by atoms with van der Waals surface area (Å²) in [6, 6.07) is 20.6. The van der Waals surface area contributed by atoms with Crippen LogP contribution in [0.4, 0.5) is 9.93 Å². The van der Waals surface area contributed by atoms with Gasteiger partial charge in [-0.2, -0.15) is 0 Å². The van der Waals surface area contributed by atoms with Crippen molar-refractivity contribution in [3.8, 4) is 0 Å². The number of aromatic nitrogens is 1. The van der Waals surface area contributed by atoms with Crippen molar-refractivity contribution in [2.24, 2.45) is 0 Å². The molecule has 0 spiro atoms. The minimum atomic E-state index is -0.177. The minimum absolute atomic E-state index is 0.177. The van der Waals surface area contributed by atoms with Crippen molar-refractivity contribution in [2.45, 2.75) is 24.8 Å². The summed E-state index contributed by atoms with van der Waals surface area (Å²) in [5.41, 5.74) is 2.53. The van der Waals surface area contributed by atoms with E-state index in [0.717, 1.165) is 17.7 Å². The standard InChI is InChI=1S/C20H19N3OS/c24-19(22-18-12-17(18)15-9-5-2-6-10-15)23-20-21-13-16(25-20)11-14-7-3-1-4-8-14/h1-10,13,17-18H,11-12H2,(H2,21,22,23,24)/t17-,18-/m0/s1. The molecule has 3 aromatic rings. The van der Waals surface area contributed by atoms with Gasteiger partial charge in [-0.05, 0) is 17.5 Å². The molecular weight excluding hydrogens is 330 g/mol. The topological polar surface area (TPSA) is 54.0 Å². The molecule has 2 amide bonds. The van der Waals surface area contributed by atoms with Gasteiger partial charge in [0.1, 0.15) is 0 Å². The number of benzene rings is 2. The maximum atomic E-state index is 12.2. The number of nitrogens with zero attached hydrogens (tertiary/aromatic N) is 1. The number of urea groups is 1. The highest BCUT2D eigenvalue weighted by atomic mass is 32.1. The quantitative estimate of drug-likeness (QED) is 0.717. The molecule has 2 aromatic carbocycles. The van der Waals surface area contributed by atoms with E-state index in [9.17, 15) is 4.79 Å². The summed E-state index contributed by atoms with van der Waals surface area (Å²) in [5, 5.41) is 6.51. The highest BCUT2D eigenvalue weighted by Gasteiger charge is 2.39. The third kappa shape index (κ3) is 4.06. The van der Waals surface area contributed by atoms with Gasteiger partial charge in [0.05, 0.1) is 0 Å². The lowest BCUT2D eigenvalue weighted by molar-refractivity contribution is 0.251. The zero-order valence-corrected chi connectivity index (χ0v) is 14.5. The fraction of sp³-hybridized carbons (Fsp3) is 0.200. The SMILES string of the molecule is O=C(Nc1ncc(Cc2ccccc2)s1)N[C@H]1C[C@H]1c1ccccc1. The van der Waals surface area contributed by atoms with Gasteiger partial charge >= 0.3 is 6.03 Å². The van der Waals surface area contributed by atoms with Crippen LogP contribution in [-0.4, -0.2) is 17.1 Å². The third-order valence-electron chi connectivity index (χ3n) is 4.33. The second-order valence-electron chi connectivity index (χ2n) is 6.25. The van der Waals surface area contributed by atoms with E-state index in [0.29, 0.717) is 11.0 Å². The molecule has 25 heavy (non-hydrogen) atoms. The summed E-state index contributed by atoms with van der Waals surface area (Å²) in [6.07, 6.45) is 3.66. The van der Waals surface area contributed by atoms with Gasteiger partial charge in [-0.15, -0.1) is 11.3 Å². The molecule has 0 saturated heterocycles. The van der Waals surface area contributed by atoms with Crippen LogP contribution >= 0.6 is 11.3 Å². The molecule has 1 heterocycles. The molecule has 1 aliphatic carbocycles. The van der Waals surface area contributed by atoms with Gasteiger partial charge in [-0.1, -0.05) is 60.7 Å². The maximum absolute atomic E-state index is 12.2. The third-order valence-corrected chi connectivity index (χ3v) is 5.24. The number of rotatable bonds is 5. The first kappa shape index (κ1) is 15.8. The van der Waals surface area contributed by atoms with Gasteiger partial charge in [0.15, 0.2) is 5.13 Å². The Balaban J connectivity index is 1.29.